The van der Waals surface area contributed by atoms with Crippen LogP contribution in [0, 0.1) is 5.82 Å². The lowest BCUT2D eigenvalue weighted by Crippen LogP contribution is -1.94. The van der Waals surface area contributed by atoms with E-state index in [4.69, 9.17) is 14.2 Å². The Morgan fingerprint density at radius 3 is 2.77 bits per heavy atom. The van der Waals surface area contributed by atoms with Crippen LogP contribution in [0.5, 0.6) is 17.2 Å². The molecule has 22 heavy (non-hydrogen) atoms. The van der Waals surface area contributed by atoms with E-state index in [1.165, 1.54) is 25.3 Å². The molecule has 2 aromatic carbocycles. The molecule has 1 aliphatic heterocycles. The van der Waals surface area contributed by atoms with Crippen molar-refractivity contribution in [3.63, 3.8) is 0 Å². The molecule has 0 amide bonds. The number of fused-ring (bicyclic) bond motifs is 1. The Labute approximate surface area is 126 Å². The van der Waals surface area contributed by atoms with E-state index >= 15 is 0 Å². The Bertz CT molecular complexity index is 752. The van der Waals surface area contributed by atoms with Crippen LogP contribution in [0.25, 0.3) is 6.08 Å². The Kier molecular flexibility index (Phi) is 3.78. The van der Waals surface area contributed by atoms with E-state index in [-0.39, 0.29) is 18.3 Å². The summed E-state index contributed by atoms with van der Waals surface area (Å²) in [5.41, 5.74) is 1.06. The Morgan fingerprint density at radius 2 is 2.00 bits per heavy atom. The van der Waals surface area contributed by atoms with E-state index in [1.807, 2.05) is 0 Å². The highest BCUT2D eigenvalue weighted by Crippen LogP contribution is 2.32. The monoisotopic (exact) mass is 300 g/mol. The third-order valence-electron chi connectivity index (χ3n) is 3.26. The van der Waals surface area contributed by atoms with Gasteiger partial charge in [0.05, 0.1) is 7.11 Å². The maximum Gasteiger partial charge on any atom is 0.231 e. The second-order valence-electron chi connectivity index (χ2n) is 4.66. The first-order valence-electron chi connectivity index (χ1n) is 6.63. The number of carbonyl (C=O) groups is 1. The molecule has 0 bridgehead atoms. The third kappa shape index (κ3) is 2.79. The van der Waals surface area contributed by atoms with Crippen molar-refractivity contribution in [2.24, 2.45) is 0 Å². The normalized spacial score (nSPS) is 12.6. The molecule has 0 saturated carbocycles. The maximum absolute atomic E-state index is 13.6. The first kappa shape index (κ1) is 14.1. The summed E-state index contributed by atoms with van der Waals surface area (Å²) in [6.07, 6.45) is 2.94. The summed E-state index contributed by atoms with van der Waals surface area (Å²) in [6.45, 7) is 0.161. The van der Waals surface area contributed by atoms with Crippen LogP contribution in [-0.2, 0) is 0 Å². The second-order valence-corrected chi connectivity index (χ2v) is 4.66. The number of rotatable bonds is 4. The molecule has 0 unspecified atom stereocenters. The fraction of sp³-hybridized carbons (Fsp3) is 0.118. The van der Waals surface area contributed by atoms with Gasteiger partial charge in [-0.25, -0.2) is 4.39 Å². The lowest BCUT2D eigenvalue weighted by molar-refractivity contribution is 0.104. The van der Waals surface area contributed by atoms with Gasteiger partial charge in [0.1, 0.15) is 0 Å². The number of ketones is 1. The summed E-state index contributed by atoms with van der Waals surface area (Å²) in [5, 5.41) is 0. The molecule has 2 aromatic rings. The van der Waals surface area contributed by atoms with Crippen LogP contribution in [-0.4, -0.2) is 19.7 Å². The van der Waals surface area contributed by atoms with Gasteiger partial charge in [0.2, 0.25) is 6.79 Å². The molecule has 0 radical (unpaired) electrons. The van der Waals surface area contributed by atoms with E-state index < -0.39 is 5.82 Å². The van der Waals surface area contributed by atoms with Crippen molar-refractivity contribution in [1.82, 2.24) is 0 Å². The van der Waals surface area contributed by atoms with Crippen LogP contribution in [0.4, 0.5) is 4.39 Å². The number of carbonyl (C=O) groups excluding carboxylic acids is 1. The molecule has 5 heteroatoms. The standard InChI is InChI=1S/C17H13FO4/c1-20-15-6-3-11(8-13(15)18)2-5-14(19)12-4-7-16-17(9-12)22-10-21-16/h2-9H,10H2,1H3/b5-2+. The molecular weight excluding hydrogens is 287 g/mol. The largest absolute Gasteiger partial charge is 0.494 e. The van der Waals surface area contributed by atoms with Gasteiger partial charge in [0.15, 0.2) is 28.8 Å². The summed E-state index contributed by atoms with van der Waals surface area (Å²) in [7, 11) is 1.40. The molecule has 0 N–H and O–H groups in total. The number of allylic oxidation sites excluding steroid dienone is 1. The van der Waals surface area contributed by atoms with Crippen molar-refractivity contribution in [2.45, 2.75) is 0 Å². The van der Waals surface area contributed by atoms with Crippen LogP contribution in [0.15, 0.2) is 42.5 Å². The van der Waals surface area contributed by atoms with Crippen molar-refractivity contribution >= 4 is 11.9 Å². The van der Waals surface area contributed by atoms with Gasteiger partial charge in [-0.05, 0) is 42.0 Å². The number of benzene rings is 2. The minimum Gasteiger partial charge on any atom is -0.494 e. The van der Waals surface area contributed by atoms with E-state index in [1.54, 1.807) is 30.3 Å². The van der Waals surface area contributed by atoms with Crippen molar-refractivity contribution in [2.75, 3.05) is 13.9 Å². The van der Waals surface area contributed by atoms with Crippen LogP contribution in [0.1, 0.15) is 15.9 Å². The van der Waals surface area contributed by atoms with Crippen LogP contribution < -0.4 is 14.2 Å². The average molecular weight is 300 g/mol. The molecule has 0 aliphatic carbocycles. The number of hydrogen-bond acceptors (Lipinski definition) is 4. The molecule has 4 nitrogen and oxygen atoms in total. The quantitative estimate of drug-likeness (QED) is 0.641. The van der Waals surface area contributed by atoms with Crippen molar-refractivity contribution in [3.05, 3.63) is 59.4 Å². The summed E-state index contributed by atoms with van der Waals surface area (Å²) in [6, 6.07) is 9.47. The summed E-state index contributed by atoms with van der Waals surface area (Å²) in [5.74, 6) is 0.668. The lowest BCUT2D eigenvalue weighted by Gasteiger charge is -2.02. The molecule has 0 fully saturated rings. The van der Waals surface area contributed by atoms with Crippen molar-refractivity contribution in [1.29, 1.82) is 0 Å². The van der Waals surface area contributed by atoms with E-state index in [2.05, 4.69) is 0 Å². The van der Waals surface area contributed by atoms with E-state index in [0.29, 0.717) is 22.6 Å². The van der Waals surface area contributed by atoms with Gasteiger partial charge in [-0.1, -0.05) is 12.1 Å². The smallest absolute Gasteiger partial charge is 0.231 e. The molecule has 0 aromatic heterocycles. The Balaban J connectivity index is 1.77. The predicted molar refractivity (Wildman–Crippen MR) is 78.9 cm³/mol. The Hall–Kier alpha value is -2.82. The summed E-state index contributed by atoms with van der Waals surface area (Å²) >= 11 is 0. The molecule has 3 rings (SSSR count). The van der Waals surface area contributed by atoms with Gasteiger partial charge in [-0.15, -0.1) is 0 Å². The van der Waals surface area contributed by atoms with E-state index in [0.717, 1.165) is 0 Å². The average Bonchev–Trinajstić information content (AvgIpc) is 3.00. The molecule has 0 atom stereocenters. The van der Waals surface area contributed by atoms with Crippen LogP contribution >= 0.6 is 0 Å². The fourth-order valence-corrected chi connectivity index (χ4v) is 2.10. The third-order valence-corrected chi connectivity index (χ3v) is 3.26. The molecular formula is C17H13FO4. The van der Waals surface area contributed by atoms with Crippen molar-refractivity contribution in [3.8, 4) is 17.2 Å². The number of methoxy groups -OCH3 is 1. The van der Waals surface area contributed by atoms with Gasteiger partial charge in [-0.2, -0.15) is 0 Å². The zero-order valence-electron chi connectivity index (χ0n) is 11.8. The SMILES string of the molecule is COc1ccc(/C=C/C(=O)c2ccc3c(c2)OCO3)cc1F. The zero-order chi connectivity index (χ0) is 15.5. The predicted octanol–water partition coefficient (Wildman–Crippen LogP) is 3.46. The first-order valence-corrected chi connectivity index (χ1v) is 6.63. The number of ether oxygens (including phenoxy) is 3. The topological polar surface area (TPSA) is 44.8 Å². The summed E-state index contributed by atoms with van der Waals surface area (Å²) in [4.78, 5) is 12.1. The van der Waals surface area contributed by atoms with E-state index in [9.17, 15) is 9.18 Å². The molecule has 112 valence electrons. The number of hydrogen-bond donors (Lipinski definition) is 0. The second kappa shape index (κ2) is 5.89. The molecule has 0 saturated heterocycles. The van der Waals surface area contributed by atoms with Gasteiger partial charge in [0, 0.05) is 5.56 Å². The Morgan fingerprint density at radius 1 is 1.18 bits per heavy atom. The highest BCUT2D eigenvalue weighted by molar-refractivity contribution is 6.07. The molecule has 1 aliphatic rings. The molecule has 0 spiro atoms. The minimum absolute atomic E-state index is 0.161. The summed E-state index contributed by atoms with van der Waals surface area (Å²) < 4.78 is 28.8. The van der Waals surface area contributed by atoms with Crippen molar-refractivity contribution < 1.29 is 23.4 Å². The maximum atomic E-state index is 13.6. The van der Waals surface area contributed by atoms with Crippen LogP contribution in [0.2, 0.25) is 0 Å². The lowest BCUT2D eigenvalue weighted by atomic mass is 10.1. The highest BCUT2D eigenvalue weighted by atomic mass is 19.1. The fourth-order valence-electron chi connectivity index (χ4n) is 2.10. The minimum atomic E-state index is -0.472. The van der Waals surface area contributed by atoms with Crippen LogP contribution in [0.3, 0.4) is 0 Å². The highest BCUT2D eigenvalue weighted by Gasteiger charge is 2.15. The molecule has 1 heterocycles. The van der Waals surface area contributed by atoms with Gasteiger partial charge in [0.25, 0.3) is 0 Å². The zero-order valence-corrected chi connectivity index (χ0v) is 11.8. The first-order chi connectivity index (χ1) is 10.7. The van der Waals surface area contributed by atoms with Gasteiger partial charge >= 0.3 is 0 Å². The van der Waals surface area contributed by atoms with Gasteiger partial charge < -0.3 is 14.2 Å². The van der Waals surface area contributed by atoms with Gasteiger partial charge in [-0.3, -0.25) is 4.79 Å². The number of halogens is 1.